The molecule has 0 aliphatic rings. The molecule has 0 radical (unpaired) electrons. The molecule has 0 rings (SSSR count). The number of hydrogen-bond donors (Lipinski definition) is 3. The van der Waals surface area contributed by atoms with E-state index in [-0.39, 0.29) is 19.4 Å². The lowest BCUT2D eigenvalue weighted by Crippen LogP contribution is -2.29. The van der Waals surface area contributed by atoms with E-state index in [1.54, 1.807) is 0 Å². The summed E-state index contributed by atoms with van der Waals surface area (Å²) in [4.78, 5) is 35.0. The van der Waals surface area contributed by atoms with Gasteiger partial charge in [-0.25, -0.2) is 4.57 Å². The minimum Gasteiger partial charge on any atom is -0.462 e. The minimum atomic E-state index is -4.61. The molecule has 0 aromatic rings. The molecule has 0 saturated heterocycles. The maximum atomic E-state index is 12.6. The SMILES string of the molecule is CCCCCCCC/C=C/CCCCCCCCCC(=O)OC[C@H](COP(=O)(O)OC[C@@H](O)CO)OC(=O)CCCCCCCCCCCCCCCCC. The van der Waals surface area contributed by atoms with Gasteiger partial charge in [0.2, 0.25) is 0 Å². The van der Waals surface area contributed by atoms with E-state index in [4.69, 9.17) is 23.6 Å². The number of rotatable bonds is 43. The number of ether oxygens (including phenoxy) is 2. The molecular formula is C44H85O10P. The normalized spacial score (nSPS) is 13.9. The highest BCUT2D eigenvalue weighted by atomic mass is 31.2. The molecule has 3 N–H and O–H groups in total. The van der Waals surface area contributed by atoms with Gasteiger partial charge in [0.05, 0.1) is 19.8 Å². The fraction of sp³-hybridized carbons (Fsp3) is 0.909. The smallest absolute Gasteiger partial charge is 0.462 e. The summed E-state index contributed by atoms with van der Waals surface area (Å²) in [5.74, 6) is -0.918. The van der Waals surface area contributed by atoms with Gasteiger partial charge in [0, 0.05) is 12.8 Å². The van der Waals surface area contributed by atoms with Crippen molar-refractivity contribution in [3.63, 3.8) is 0 Å². The Labute approximate surface area is 336 Å². The maximum Gasteiger partial charge on any atom is 0.472 e. The number of carbonyl (C=O) groups excluding carboxylic acids is 2. The number of phosphoric ester groups is 1. The molecule has 0 saturated carbocycles. The molecule has 0 amide bonds. The standard InChI is InChI=1S/C44H85O10P/c1-3-5-7-9-11-13-15-17-19-20-22-23-25-27-29-31-33-35-43(47)51-39-42(40-53-55(49,50)52-38-41(46)37-45)54-44(48)36-34-32-30-28-26-24-21-18-16-14-12-10-8-6-4-2/h17,19,41-42,45-46H,3-16,18,20-40H2,1-2H3,(H,49,50)/b19-17+/t41-,42+/m0/s1. The van der Waals surface area contributed by atoms with Gasteiger partial charge in [-0.1, -0.05) is 180 Å². The molecule has 0 aliphatic heterocycles. The number of aliphatic hydroxyl groups excluding tert-OH is 2. The van der Waals surface area contributed by atoms with Gasteiger partial charge in [0.25, 0.3) is 0 Å². The van der Waals surface area contributed by atoms with Gasteiger partial charge in [-0.2, -0.15) is 0 Å². The van der Waals surface area contributed by atoms with Gasteiger partial charge >= 0.3 is 19.8 Å². The van der Waals surface area contributed by atoms with Gasteiger partial charge in [0.1, 0.15) is 12.7 Å². The highest BCUT2D eigenvalue weighted by molar-refractivity contribution is 7.47. The second-order valence-corrected chi connectivity index (χ2v) is 16.9. The molecule has 10 nitrogen and oxygen atoms in total. The first-order chi connectivity index (χ1) is 26.7. The van der Waals surface area contributed by atoms with Crippen LogP contribution in [0, 0.1) is 0 Å². The van der Waals surface area contributed by atoms with Crippen molar-refractivity contribution in [2.45, 2.75) is 232 Å². The summed E-state index contributed by atoms with van der Waals surface area (Å²) in [6, 6.07) is 0. The molecule has 0 fully saturated rings. The van der Waals surface area contributed by atoms with Crippen LogP contribution in [0.4, 0.5) is 0 Å². The average Bonchev–Trinajstić information content (AvgIpc) is 3.17. The number of phosphoric acid groups is 1. The fourth-order valence-corrected chi connectivity index (χ4v) is 7.19. The van der Waals surface area contributed by atoms with Crippen LogP contribution >= 0.6 is 7.82 Å². The predicted molar refractivity (Wildman–Crippen MR) is 224 cm³/mol. The topological polar surface area (TPSA) is 149 Å². The quantitative estimate of drug-likeness (QED) is 0.0235. The van der Waals surface area contributed by atoms with Crippen LogP contribution in [0.15, 0.2) is 12.2 Å². The van der Waals surface area contributed by atoms with Crippen molar-refractivity contribution in [2.75, 3.05) is 26.4 Å². The van der Waals surface area contributed by atoms with Crippen molar-refractivity contribution >= 4 is 19.8 Å². The highest BCUT2D eigenvalue weighted by Gasteiger charge is 2.27. The monoisotopic (exact) mass is 805 g/mol. The molecule has 0 heterocycles. The zero-order valence-electron chi connectivity index (χ0n) is 35.4. The molecule has 326 valence electrons. The molecule has 0 aromatic carbocycles. The Bertz CT molecular complexity index is 930. The van der Waals surface area contributed by atoms with Gasteiger partial charge in [-0.15, -0.1) is 0 Å². The van der Waals surface area contributed by atoms with Crippen molar-refractivity contribution < 1.29 is 47.8 Å². The second kappa shape index (κ2) is 40.9. The van der Waals surface area contributed by atoms with Gasteiger partial charge < -0.3 is 24.6 Å². The zero-order valence-corrected chi connectivity index (χ0v) is 36.3. The van der Waals surface area contributed by atoms with E-state index in [9.17, 15) is 24.2 Å². The van der Waals surface area contributed by atoms with Crippen LogP contribution in [-0.4, -0.2) is 65.7 Å². The van der Waals surface area contributed by atoms with Crippen LogP contribution in [-0.2, 0) is 32.7 Å². The lowest BCUT2D eigenvalue weighted by atomic mass is 10.0. The van der Waals surface area contributed by atoms with E-state index in [1.165, 1.54) is 135 Å². The Morgan fingerprint density at radius 3 is 1.31 bits per heavy atom. The molecule has 0 bridgehead atoms. The van der Waals surface area contributed by atoms with Crippen LogP contribution in [0.3, 0.4) is 0 Å². The summed E-state index contributed by atoms with van der Waals surface area (Å²) in [6.45, 7) is 2.40. The average molecular weight is 805 g/mol. The molecule has 0 spiro atoms. The highest BCUT2D eigenvalue weighted by Crippen LogP contribution is 2.43. The van der Waals surface area contributed by atoms with E-state index >= 15 is 0 Å². The molecule has 0 aliphatic carbocycles. The maximum absolute atomic E-state index is 12.6. The predicted octanol–water partition coefficient (Wildman–Crippen LogP) is 12.0. The van der Waals surface area contributed by atoms with Crippen LogP contribution in [0.1, 0.15) is 219 Å². The van der Waals surface area contributed by atoms with E-state index < -0.39 is 51.8 Å². The van der Waals surface area contributed by atoms with Crippen molar-refractivity contribution in [1.29, 1.82) is 0 Å². The molecule has 55 heavy (non-hydrogen) atoms. The lowest BCUT2D eigenvalue weighted by Gasteiger charge is -2.20. The van der Waals surface area contributed by atoms with Crippen molar-refractivity contribution in [3.8, 4) is 0 Å². The minimum absolute atomic E-state index is 0.189. The Balaban J connectivity index is 4.24. The van der Waals surface area contributed by atoms with Crippen molar-refractivity contribution in [2.24, 2.45) is 0 Å². The van der Waals surface area contributed by atoms with Crippen LogP contribution < -0.4 is 0 Å². The number of allylic oxidation sites excluding steroid dienone is 2. The first-order valence-electron chi connectivity index (χ1n) is 22.6. The van der Waals surface area contributed by atoms with Crippen molar-refractivity contribution in [1.82, 2.24) is 0 Å². The second-order valence-electron chi connectivity index (χ2n) is 15.4. The van der Waals surface area contributed by atoms with E-state index in [1.807, 2.05) is 0 Å². The third-order valence-electron chi connectivity index (χ3n) is 9.92. The van der Waals surface area contributed by atoms with Gasteiger partial charge in [0.15, 0.2) is 6.10 Å². The Kier molecular flexibility index (Phi) is 39.9. The van der Waals surface area contributed by atoms with Gasteiger partial charge in [-0.3, -0.25) is 18.6 Å². The Morgan fingerprint density at radius 2 is 0.891 bits per heavy atom. The molecule has 3 atom stereocenters. The Morgan fingerprint density at radius 1 is 0.527 bits per heavy atom. The molecule has 1 unspecified atom stereocenters. The van der Waals surface area contributed by atoms with Crippen LogP contribution in [0.25, 0.3) is 0 Å². The molecule has 0 aromatic heterocycles. The van der Waals surface area contributed by atoms with E-state index in [0.29, 0.717) is 12.8 Å². The molecular weight excluding hydrogens is 719 g/mol. The van der Waals surface area contributed by atoms with Crippen LogP contribution in [0.2, 0.25) is 0 Å². The lowest BCUT2D eigenvalue weighted by molar-refractivity contribution is -0.161. The first-order valence-corrected chi connectivity index (χ1v) is 24.1. The van der Waals surface area contributed by atoms with E-state index in [0.717, 1.165) is 44.9 Å². The zero-order chi connectivity index (χ0) is 40.5. The van der Waals surface area contributed by atoms with E-state index in [2.05, 4.69) is 26.0 Å². The van der Waals surface area contributed by atoms with Crippen LogP contribution in [0.5, 0.6) is 0 Å². The number of aliphatic hydroxyl groups is 2. The number of carbonyl (C=O) groups is 2. The third kappa shape index (κ3) is 40.7. The number of esters is 2. The summed E-state index contributed by atoms with van der Waals surface area (Å²) in [5.41, 5.74) is 0. The summed E-state index contributed by atoms with van der Waals surface area (Å²) in [5, 5.41) is 18.3. The third-order valence-corrected chi connectivity index (χ3v) is 10.9. The first kappa shape index (κ1) is 53.7. The Hall–Kier alpha value is -1.29. The largest absolute Gasteiger partial charge is 0.472 e. The number of hydrogen-bond acceptors (Lipinski definition) is 9. The summed E-state index contributed by atoms with van der Waals surface area (Å²) in [7, 11) is -4.61. The summed E-state index contributed by atoms with van der Waals surface area (Å²) < 4.78 is 32.7. The van der Waals surface area contributed by atoms with Gasteiger partial charge in [-0.05, 0) is 38.5 Å². The summed E-state index contributed by atoms with van der Waals surface area (Å²) >= 11 is 0. The number of unbranched alkanes of at least 4 members (excludes halogenated alkanes) is 27. The summed E-state index contributed by atoms with van der Waals surface area (Å²) in [6.07, 6.45) is 38.8. The fourth-order valence-electron chi connectivity index (χ4n) is 6.40. The molecule has 11 heteroatoms. The van der Waals surface area contributed by atoms with Crippen molar-refractivity contribution in [3.05, 3.63) is 12.2 Å².